The molecule has 0 spiro atoms. The number of carbonyl (C=O) groups is 1. The molecule has 2 heterocycles. The van der Waals surface area contributed by atoms with Crippen LogP contribution in [0.1, 0.15) is 0 Å². The Kier molecular flexibility index (Phi) is 2.92. The number of aromatic nitrogens is 2. The van der Waals surface area contributed by atoms with Crippen molar-refractivity contribution in [2.75, 3.05) is 0 Å². The highest BCUT2D eigenvalue weighted by Crippen LogP contribution is 2.23. The molecule has 8 nitrogen and oxygen atoms in total. The van der Waals surface area contributed by atoms with Crippen molar-refractivity contribution in [2.45, 2.75) is 11.4 Å². The molecule has 10 heteroatoms. The minimum Gasteiger partial charge on any atom is -0.368 e. The third-order valence-corrected chi connectivity index (χ3v) is 4.13. The van der Waals surface area contributed by atoms with E-state index in [9.17, 15) is 18.0 Å². The van der Waals surface area contributed by atoms with Crippen molar-refractivity contribution in [3.8, 4) is 0 Å². The minimum absolute atomic E-state index is 0.119. The second-order valence-corrected chi connectivity index (χ2v) is 5.86. The van der Waals surface area contributed by atoms with Crippen LogP contribution in [0, 0.1) is 0 Å². The Labute approximate surface area is 105 Å². The maximum Gasteiger partial charge on any atom is 0.263 e. The van der Waals surface area contributed by atoms with Gasteiger partial charge in [-0.2, -0.15) is 0 Å². The van der Waals surface area contributed by atoms with Crippen LogP contribution in [0.4, 0.5) is 0 Å². The van der Waals surface area contributed by atoms with Gasteiger partial charge in [-0.15, -0.1) is 11.3 Å². The number of primary amides is 1. The summed E-state index contributed by atoms with van der Waals surface area (Å²) in [5.41, 5.74) is 4.31. The fourth-order valence-corrected chi connectivity index (χ4v) is 3.41. The summed E-state index contributed by atoms with van der Waals surface area (Å²) < 4.78 is 23.6. The Morgan fingerprint density at radius 1 is 1.50 bits per heavy atom. The molecule has 0 aliphatic carbocycles. The highest BCUT2D eigenvalue weighted by Gasteiger charge is 2.19. The van der Waals surface area contributed by atoms with Gasteiger partial charge in [0, 0.05) is 5.38 Å². The van der Waals surface area contributed by atoms with E-state index in [4.69, 9.17) is 10.9 Å². The molecule has 1 amide bonds. The highest BCUT2D eigenvalue weighted by atomic mass is 32.2. The van der Waals surface area contributed by atoms with Gasteiger partial charge in [-0.3, -0.25) is 14.2 Å². The van der Waals surface area contributed by atoms with E-state index in [1.165, 1.54) is 5.38 Å². The van der Waals surface area contributed by atoms with Crippen LogP contribution in [0.15, 0.2) is 21.4 Å². The summed E-state index contributed by atoms with van der Waals surface area (Å²) in [5, 5.41) is 6.12. The molecule has 4 N–H and O–H groups in total. The lowest BCUT2D eigenvalue weighted by Gasteiger charge is -2.02. The van der Waals surface area contributed by atoms with Gasteiger partial charge in [-0.05, 0) is 0 Å². The molecule has 0 saturated heterocycles. The summed E-state index contributed by atoms with van der Waals surface area (Å²) in [5.74, 6) is -0.731. The van der Waals surface area contributed by atoms with Crippen molar-refractivity contribution < 1.29 is 13.2 Å². The highest BCUT2D eigenvalue weighted by molar-refractivity contribution is 7.89. The topological polar surface area (TPSA) is 138 Å². The Balaban J connectivity index is 2.80. The number of hydrogen-bond acceptors (Lipinski definition) is 6. The molecule has 2 aromatic rings. The monoisotopic (exact) mass is 288 g/mol. The van der Waals surface area contributed by atoms with Crippen LogP contribution in [0.3, 0.4) is 0 Å². The molecule has 0 aliphatic heterocycles. The van der Waals surface area contributed by atoms with Crippen LogP contribution < -0.4 is 16.4 Å². The zero-order valence-corrected chi connectivity index (χ0v) is 10.5. The summed E-state index contributed by atoms with van der Waals surface area (Å²) in [6.07, 6.45) is 1.14. The summed E-state index contributed by atoms with van der Waals surface area (Å²) >= 11 is 0.983. The normalized spacial score (nSPS) is 11.8. The van der Waals surface area contributed by atoms with Crippen LogP contribution in [0.5, 0.6) is 0 Å². The zero-order valence-electron chi connectivity index (χ0n) is 8.86. The lowest BCUT2D eigenvalue weighted by molar-refractivity contribution is -0.118. The molecule has 18 heavy (non-hydrogen) atoms. The SMILES string of the molecule is NC(=O)Cn1cnc2scc(S(N)(=O)=O)c2c1=O. The number of primary sulfonamides is 1. The number of nitrogens with two attached hydrogens (primary N) is 2. The van der Waals surface area contributed by atoms with Gasteiger partial charge in [0.05, 0.1) is 11.7 Å². The van der Waals surface area contributed by atoms with Gasteiger partial charge in [0.1, 0.15) is 16.3 Å². The fourth-order valence-electron chi connectivity index (χ4n) is 1.43. The van der Waals surface area contributed by atoms with E-state index >= 15 is 0 Å². The Morgan fingerprint density at radius 3 is 2.72 bits per heavy atom. The fraction of sp³-hybridized carbons (Fsp3) is 0.125. The molecular formula is C8H8N4O4S2. The number of nitrogens with zero attached hydrogens (tertiary/aromatic N) is 2. The summed E-state index contributed by atoms with van der Waals surface area (Å²) in [6.45, 7) is -0.373. The first-order chi connectivity index (χ1) is 8.30. The van der Waals surface area contributed by atoms with Gasteiger partial charge in [-0.25, -0.2) is 18.5 Å². The standard InChI is InChI=1S/C8H8N4O4S2/c9-5(13)1-12-3-11-7-6(8(12)14)4(2-17-7)18(10,15)16/h2-3H,1H2,(H2,9,13)(H2,10,15,16). The molecule has 0 bridgehead atoms. The van der Waals surface area contributed by atoms with Crippen LogP contribution in [0.25, 0.3) is 10.2 Å². The van der Waals surface area contributed by atoms with Gasteiger partial charge >= 0.3 is 0 Å². The first-order valence-electron chi connectivity index (χ1n) is 4.58. The van der Waals surface area contributed by atoms with Crippen LogP contribution in [-0.4, -0.2) is 23.9 Å². The first-order valence-corrected chi connectivity index (χ1v) is 7.01. The lowest BCUT2D eigenvalue weighted by atomic mass is 10.4. The molecule has 96 valence electrons. The van der Waals surface area contributed by atoms with Gasteiger partial charge in [-0.1, -0.05) is 0 Å². The average molecular weight is 288 g/mol. The minimum atomic E-state index is -4.01. The quantitative estimate of drug-likeness (QED) is 0.714. The van der Waals surface area contributed by atoms with E-state index in [1.54, 1.807) is 0 Å². The maximum atomic E-state index is 12.0. The number of sulfonamides is 1. The Hall–Kier alpha value is -1.78. The van der Waals surface area contributed by atoms with Crippen molar-refractivity contribution in [1.82, 2.24) is 9.55 Å². The summed E-state index contributed by atoms with van der Waals surface area (Å²) in [6, 6.07) is 0. The van der Waals surface area contributed by atoms with Crippen LogP contribution in [-0.2, 0) is 21.4 Å². The van der Waals surface area contributed by atoms with Crippen molar-refractivity contribution in [2.24, 2.45) is 10.9 Å². The molecule has 0 atom stereocenters. The molecule has 0 saturated carbocycles. The molecule has 0 unspecified atom stereocenters. The average Bonchev–Trinajstić information content (AvgIpc) is 2.65. The maximum absolute atomic E-state index is 12.0. The predicted molar refractivity (Wildman–Crippen MR) is 64.4 cm³/mol. The van der Waals surface area contributed by atoms with E-state index in [2.05, 4.69) is 4.98 Å². The molecule has 2 rings (SSSR count). The number of thiophene rings is 1. The number of fused-ring (bicyclic) bond motifs is 1. The number of carbonyl (C=O) groups excluding carboxylic acids is 1. The predicted octanol–water partition coefficient (Wildman–Crippen LogP) is -1.41. The second kappa shape index (κ2) is 4.15. The molecule has 2 aromatic heterocycles. The summed E-state index contributed by atoms with van der Waals surface area (Å²) in [7, 11) is -4.01. The van der Waals surface area contributed by atoms with Gasteiger partial charge in [0.15, 0.2) is 0 Å². The zero-order chi connectivity index (χ0) is 13.5. The van der Waals surface area contributed by atoms with Crippen LogP contribution >= 0.6 is 11.3 Å². The number of amides is 1. The van der Waals surface area contributed by atoms with Gasteiger partial charge < -0.3 is 5.73 Å². The van der Waals surface area contributed by atoms with Gasteiger partial charge in [0.2, 0.25) is 15.9 Å². The number of hydrogen-bond donors (Lipinski definition) is 2. The summed E-state index contributed by atoms with van der Waals surface area (Å²) in [4.78, 5) is 26.6. The van der Waals surface area contributed by atoms with Crippen molar-refractivity contribution >= 4 is 37.5 Å². The lowest BCUT2D eigenvalue weighted by Crippen LogP contribution is -2.28. The largest absolute Gasteiger partial charge is 0.368 e. The molecule has 0 radical (unpaired) electrons. The van der Waals surface area contributed by atoms with Gasteiger partial charge in [0.25, 0.3) is 5.56 Å². The Bertz CT molecular complexity index is 789. The second-order valence-electron chi connectivity index (χ2n) is 3.47. The van der Waals surface area contributed by atoms with E-state index in [1.807, 2.05) is 0 Å². The van der Waals surface area contributed by atoms with E-state index in [0.717, 1.165) is 22.2 Å². The molecule has 0 aliphatic rings. The van der Waals surface area contributed by atoms with Crippen molar-refractivity contribution in [3.05, 3.63) is 22.1 Å². The van der Waals surface area contributed by atoms with E-state index < -0.39 is 21.5 Å². The smallest absolute Gasteiger partial charge is 0.263 e. The van der Waals surface area contributed by atoms with Crippen molar-refractivity contribution in [3.63, 3.8) is 0 Å². The van der Waals surface area contributed by atoms with E-state index in [-0.39, 0.29) is 21.7 Å². The van der Waals surface area contributed by atoms with Crippen LogP contribution in [0.2, 0.25) is 0 Å². The van der Waals surface area contributed by atoms with E-state index in [0.29, 0.717) is 0 Å². The molecule has 0 aromatic carbocycles. The third-order valence-electron chi connectivity index (χ3n) is 2.16. The third kappa shape index (κ3) is 2.12. The molecule has 0 fully saturated rings. The Morgan fingerprint density at radius 2 is 2.17 bits per heavy atom. The first kappa shape index (κ1) is 12.7. The van der Waals surface area contributed by atoms with Crippen molar-refractivity contribution in [1.29, 1.82) is 0 Å². The molecular weight excluding hydrogens is 280 g/mol. The number of rotatable bonds is 3.